The first-order valence-electron chi connectivity index (χ1n) is 9.49. The Labute approximate surface area is 174 Å². The number of hydrogen-bond acceptors (Lipinski definition) is 7. The number of nitriles is 1. The Bertz CT molecular complexity index is 1010. The quantitative estimate of drug-likeness (QED) is 0.602. The van der Waals surface area contributed by atoms with Gasteiger partial charge in [0, 0.05) is 42.5 Å². The van der Waals surface area contributed by atoms with Crippen LogP contribution < -0.4 is 4.90 Å². The van der Waals surface area contributed by atoms with Crippen LogP contribution in [0.2, 0.25) is 0 Å². The van der Waals surface area contributed by atoms with E-state index in [4.69, 9.17) is 15.0 Å². The van der Waals surface area contributed by atoms with Gasteiger partial charge in [0.05, 0.1) is 13.2 Å². The van der Waals surface area contributed by atoms with Crippen molar-refractivity contribution in [2.75, 3.05) is 31.2 Å². The van der Waals surface area contributed by atoms with Gasteiger partial charge in [-0.3, -0.25) is 0 Å². The van der Waals surface area contributed by atoms with Crippen LogP contribution in [0.1, 0.15) is 22.6 Å². The van der Waals surface area contributed by atoms with Crippen molar-refractivity contribution in [3.05, 3.63) is 71.4 Å². The molecule has 1 saturated heterocycles. The van der Waals surface area contributed by atoms with Gasteiger partial charge in [0.15, 0.2) is 0 Å². The Morgan fingerprint density at radius 1 is 1.07 bits per heavy atom. The number of benzene rings is 1. The highest BCUT2D eigenvalue weighted by Gasteiger charge is 2.12. The Kier molecular flexibility index (Phi) is 6.03. The lowest BCUT2D eigenvalue weighted by molar-refractivity contribution is 0.122. The maximum Gasteiger partial charge on any atom is 0.140 e. The Morgan fingerprint density at radius 2 is 1.86 bits per heavy atom. The number of nitrogens with zero attached hydrogens (tertiary/aromatic N) is 5. The average Bonchev–Trinajstić information content (AvgIpc) is 2.78. The van der Waals surface area contributed by atoms with E-state index in [1.165, 1.54) is 23.0 Å². The van der Waals surface area contributed by atoms with Gasteiger partial charge in [-0.15, -0.1) is 0 Å². The molecule has 0 bridgehead atoms. The molecule has 1 aliphatic rings. The van der Waals surface area contributed by atoms with Gasteiger partial charge in [0.1, 0.15) is 22.6 Å². The molecular weight excluding hydrogens is 382 g/mol. The van der Waals surface area contributed by atoms with E-state index < -0.39 is 0 Å². The lowest BCUT2D eigenvalue weighted by atomic mass is 10.1. The largest absolute Gasteiger partial charge is 0.378 e. The topological polar surface area (TPSA) is 74.9 Å². The van der Waals surface area contributed by atoms with Gasteiger partial charge < -0.3 is 9.64 Å². The molecule has 0 spiro atoms. The monoisotopic (exact) mass is 403 g/mol. The van der Waals surface area contributed by atoms with E-state index in [9.17, 15) is 0 Å². The summed E-state index contributed by atoms with van der Waals surface area (Å²) >= 11 is 1.54. The van der Waals surface area contributed by atoms with E-state index >= 15 is 0 Å². The molecule has 1 aromatic carbocycles. The molecular formula is C22H21N5OS. The minimum Gasteiger partial charge on any atom is -0.378 e. The van der Waals surface area contributed by atoms with E-state index in [-0.39, 0.29) is 0 Å². The molecule has 0 aliphatic carbocycles. The predicted octanol–water partition coefficient (Wildman–Crippen LogP) is 3.63. The van der Waals surface area contributed by atoms with Crippen molar-refractivity contribution in [2.24, 2.45) is 0 Å². The molecule has 0 radical (unpaired) electrons. The summed E-state index contributed by atoms with van der Waals surface area (Å²) in [4.78, 5) is 16.7. The zero-order chi connectivity index (χ0) is 20.1. The first-order chi connectivity index (χ1) is 14.2. The van der Waals surface area contributed by atoms with Crippen LogP contribution in [-0.4, -0.2) is 41.3 Å². The van der Waals surface area contributed by atoms with Crippen LogP contribution >= 0.6 is 11.8 Å². The number of anilines is 1. The summed E-state index contributed by atoms with van der Waals surface area (Å²) < 4.78 is 5.42. The Hall–Kier alpha value is -2.95. The third-order valence-electron chi connectivity index (χ3n) is 4.72. The average molecular weight is 404 g/mol. The van der Waals surface area contributed by atoms with Crippen LogP contribution in [0, 0.1) is 18.3 Å². The smallest absolute Gasteiger partial charge is 0.140 e. The second kappa shape index (κ2) is 9.03. The SMILES string of the molecule is Cc1cnc(Cc2ccc(N3CCOCC3)cc2)nc1Sc1ccc(C#N)nc1. The van der Waals surface area contributed by atoms with Crippen molar-refractivity contribution in [2.45, 2.75) is 23.3 Å². The van der Waals surface area contributed by atoms with Gasteiger partial charge in [-0.05, 0) is 42.3 Å². The lowest BCUT2D eigenvalue weighted by Crippen LogP contribution is -2.36. The van der Waals surface area contributed by atoms with Crippen molar-refractivity contribution in [3.63, 3.8) is 0 Å². The predicted molar refractivity (Wildman–Crippen MR) is 112 cm³/mol. The zero-order valence-corrected chi connectivity index (χ0v) is 17.0. The maximum absolute atomic E-state index is 8.88. The summed E-state index contributed by atoms with van der Waals surface area (Å²) in [6.07, 6.45) is 4.25. The second-order valence-corrected chi connectivity index (χ2v) is 7.87. The van der Waals surface area contributed by atoms with E-state index in [1.54, 1.807) is 12.3 Å². The maximum atomic E-state index is 8.88. The van der Waals surface area contributed by atoms with Crippen molar-refractivity contribution < 1.29 is 4.74 Å². The Balaban J connectivity index is 1.46. The molecule has 1 fully saturated rings. The molecule has 0 atom stereocenters. The van der Waals surface area contributed by atoms with Gasteiger partial charge in [0.25, 0.3) is 0 Å². The third-order valence-corrected chi connectivity index (χ3v) is 5.80. The summed E-state index contributed by atoms with van der Waals surface area (Å²) in [5, 5.41) is 9.79. The van der Waals surface area contributed by atoms with Gasteiger partial charge in [-0.1, -0.05) is 23.9 Å². The highest BCUT2D eigenvalue weighted by atomic mass is 32.2. The zero-order valence-electron chi connectivity index (χ0n) is 16.2. The molecule has 0 amide bonds. The van der Waals surface area contributed by atoms with Crippen LogP contribution in [0.5, 0.6) is 0 Å². The lowest BCUT2D eigenvalue weighted by Gasteiger charge is -2.28. The first-order valence-corrected chi connectivity index (χ1v) is 10.3. The fourth-order valence-electron chi connectivity index (χ4n) is 3.10. The van der Waals surface area contributed by atoms with Gasteiger partial charge in [-0.25, -0.2) is 15.0 Å². The molecule has 1 aliphatic heterocycles. The fourth-order valence-corrected chi connectivity index (χ4v) is 3.93. The van der Waals surface area contributed by atoms with E-state index in [1.807, 2.05) is 25.3 Å². The van der Waals surface area contributed by atoms with Gasteiger partial charge in [0.2, 0.25) is 0 Å². The number of morpholine rings is 1. The van der Waals surface area contributed by atoms with Crippen LogP contribution in [0.15, 0.2) is 58.7 Å². The highest BCUT2D eigenvalue weighted by molar-refractivity contribution is 7.99. The van der Waals surface area contributed by atoms with Crippen molar-refractivity contribution in [3.8, 4) is 6.07 Å². The molecule has 0 N–H and O–H groups in total. The molecule has 29 heavy (non-hydrogen) atoms. The molecule has 2 aromatic heterocycles. The van der Waals surface area contributed by atoms with Crippen LogP contribution in [0.3, 0.4) is 0 Å². The Morgan fingerprint density at radius 3 is 2.55 bits per heavy atom. The normalized spacial score (nSPS) is 13.9. The van der Waals surface area contributed by atoms with Gasteiger partial charge in [-0.2, -0.15) is 5.26 Å². The molecule has 0 saturated carbocycles. The van der Waals surface area contributed by atoms with E-state index in [2.05, 4.69) is 39.1 Å². The number of hydrogen-bond donors (Lipinski definition) is 0. The van der Waals surface area contributed by atoms with Crippen molar-refractivity contribution in [1.82, 2.24) is 15.0 Å². The first kappa shape index (κ1) is 19.4. The molecule has 6 nitrogen and oxygen atoms in total. The second-order valence-electron chi connectivity index (χ2n) is 6.81. The minimum absolute atomic E-state index is 0.412. The number of aryl methyl sites for hydroxylation is 1. The summed E-state index contributed by atoms with van der Waals surface area (Å²) in [7, 11) is 0. The van der Waals surface area contributed by atoms with Crippen molar-refractivity contribution >= 4 is 17.4 Å². The highest BCUT2D eigenvalue weighted by Crippen LogP contribution is 2.28. The van der Waals surface area contributed by atoms with Crippen molar-refractivity contribution in [1.29, 1.82) is 5.26 Å². The number of rotatable bonds is 5. The molecule has 0 unspecified atom stereocenters. The van der Waals surface area contributed by atoms with E-state index in [0.29, 0.717) is 12.1 Å². The molecule has 4 rings (SSSR count). The van der Waals surface area contributed by atoms with Crippen LogP contribution in [0.25, 0.3) is 0 Å². The molecule has 7 heteroatoms. The van der Waals surface area contributed by atoms with Gasteiger partial charge >= 0.3 is 0 Å². The molecule has 3 heterocycles. The third kappa shape index (κ3) is 4.91. The van der Waals surface area contributed by atoms with Crippen LogP contribution in [-0.2, 0) is 11.2 Å². The molecule has 146 valence electrons. The number of aromatic nitrogens is 3. The standard InChI is InChI=1S/C22H21N5OS/c1-16-14-25-21(26-22(16)29-20-7-4-18(13-23)24-15-20)12-17-2-5-19(6-3-17)27-8-10-28-11-9-27/h2-7,14-15H,8-12H2,1H3. The minimum atomic E-state index is 0.412. The fraction of sp³-hybridized carbons (Fsp3) is 0.273. The summed E-state index contributed by atoms with van der Waals surface area (Å²) in [6, 6.07) is 14.3. The number of ether oxygens (including phenoxy) is 1. The summed E-state index contributed by atoms with van der Waals surface area (Å²) in [6.45, 7) is 5.44. The van der Waals surface area contributed by atoms with Crippen LogP contribution in [0.4, 0.5) is 5.69 Å². The summed E-state index contributed by atoms with van der Waals surface area (Å²) in [5.74, 6) is 0.791. The summed E-state index contributed by atoms with van der Waals surface area (Å²) in [5.41, 5.74) is 3.84. The van der Waals surface area contributed by atoms with E-state index in [0.717, 1.165) is 47.6 Å². The number of pyridine rings is 1. The molecule has 3 aromatic rings.